The first-order valence-electron chi connectivity index (χ1n) is 5.60. The van der Waals surface area contributed by atoms with E-state index >= 15 is 0 Å². The quantitative estimate of drug-likeness (QED) is 0.843. The van der Waals surface area contributed by atoms with E-state index in [0.29, 0.717) is 5.69 Å². The van der Waals surface area contributed by atoms with Gasteiger partial charge in [0.1, 0.15) is 11.0 Å². The molecule has 20 heavy (non-hydrogen) atoms. The van der Waals surface area contributed by atoms with Gasteiger partial charge in [-0.15, -0.1) is 11.3 Å². The van der Waals surface area contributed by atoms with Crippen LogP contribution in [0, 0.1) is 25.2 Å². The molecule has 0 aliphatic heterocycles. The highest BCUT2D eigenvalue weighted by atomic mass is 32.2. The Balaban J connectivity index is 2.43. The first-order valence-corrected chi connectivity index (χ1v) is 7.90. The summed E-state index contributed by atoms with van der Waals surface area (Å²) in [5.41, 5.74) is 6.65. The summed E-state index contributed by atoms with van der Waals surface area (Å²) >= 11 is 1.24. The van der Waals surface area contributed by atoms with Gasteiger partial charge in [0.05, 0.1) is 11.3 Å². The molecule has 0 fully saturated rings. The van der Waals surface area contributed by atoms with Crippen molar-refractivity contribution < 1.29 is 8.42 Å². The maximum absolute atomic E-state index is 12.3. The SMILES string of the molecule is Cc1nc(NS(=O)(=O)c2ccc(N)cc2C#N)sc1C. The standard InChI is InChI=1S/C12H12N4O2S2/c1-7-8(2)19-12(15-7)16-20(17,18)11-4-3-10(14)5-9(11)6-13/h3-5H,14H2,1-2H3,(H,15,16). The van der Waals surface area contributed by atoms with E-state index in [1.54, 1.807) is 6.92 Å². The van der Waals surface area contributed by atoms with Crippen LogP contribution in [-0.4, -0.2) is 13.4 Å². The van der Waals surface area contributed by atoms with E-state index in [1.807, 2.05) is 13.0 Å². The zero-order valence-electron chi connectivity index (χ0n) is 10.8. The van der Waals surface area contributed by atoms with Gasteiger partial charge in [-0.05, 0) is 32.0 Å². The van der Waals surface area contributed by atoms with Crippen molar-refractivity contribution in [1.82, 2.24) is 4.98 Å². The average molecular weight is 308 g/mol. The molecule has 0 bridgehead atoms. The first-order chi connectivity index (χ1) is 9.33. The van der Waals surface area contributed by atoms with E-state index in [4.69, 9.17) is 11.0 Å². The average Bonchev–Trinajstić information content (AvgIpc) is 2.66. The fourth-order valence-electron chi connectivity index (χ4n) is 1.56. The fourth-order valence-corrected chi connectivity index (χ4v) is 3.74. The van der Waals surface area contributed by atoms with E-state index in [2.05, 4.69) is 9.71 Å². The Morgan fingerprint density at radius 2 is 2.10 bits per heavy atom. The predicted molar refractivity (Wildman–Crippen MR) is 78.0 cm³/mol. The van der Waals surface area contributed by atoms with Crippen molar-refractivity contribution in [2.75, 3.05) is 10.5 Å². The summed E-state index contributed by atoms with van der Waals surface area (Å²) in [5.74, 6) is 0. The smallest absolute Gasteiger partial charge is 0.264 e. The molecule has 0 amide bonds. The second kappa shape index (κ2) is 5.11. The van der Waals surface area contributed by atoms with Crippen molar-refractivity contribution in [3.63, 3.8) is 0 Å². The number of nitrogens with one attached hydrogen (secondary N) is 1. The first kappa shape index (κ1) is 14.3. The molecule has 0 aliphatic rings. The number of hydrogen-bond donors (Lipinski definition) is 2. The van der Waals surface area contributed by atoms with Crippen molar-refractivity contribution >= 4 is 32.2 Å². The summed E-state index contributed by atoms with van der Waals surface area (Å²) in [5, 5.41) is 9.29. The number of anilines is 2. The number of nitriles is 1. The molecule has 0 atom stereocenters. The maximum atomic E-state index is 12.3. The molecule has 8 heteroatoms. The monoisotopic (exact) mass is 308 g/mol. The highest BCUT2D eigenvalue weighted by Crippen LogP contribution is 2.25. The van der Waals surface area contributed by atoms with Crippen LogP contribution in [0.2, 0.25) is 0 Å². The van der Waals surface area contributed by atoms with Crippen LogP contribution < -0.4 is 10.5 Å². The summed E-state index contributed by atoms with van der Waals surface area (Å²) in [6.45, 7) is 3.66. The van der Waals surface area contributed by atoms with Crippen LogP contribution in [0.15, 0.2) is 23.1 Å². The molecule has 0 aliphatic carbocycles. The van der Waals surface area contributed by atoms with Crippen LogP contribution in [0.1, 0.15) is 16.1 Å². The van der Waals surface area contributed by atoms with Gasteiger partial charge in [0, 0.05) is 10.6 Å². The van der Waals surface area contributed by atoms with Gasteiger partial charge in [-0.2, -0.15) is 5.26 Å². The molecule has 104 valence electrons. The lowest BCUT2D eigenvalue weighted by Crippen LogP contribution is -2.14. The highest BCUT2D eigenvalue weighted by Gasteiger charge is 2.20. The number of hydrogen-bond acceptors (Lipinski definition) is 6. The Bertz CT molecular complexity index is 784. The number of benzene rings is 1. The van der Waals surface area contributed by atoms with Crippen LogP contribution in [-0.2, 0) is 10.0 Å². The number of aromatic nitrogens is 1. The van der Waals surface area contributed by atoms with Gasteiger partial charge < -0.3 is 5.73 Å². The third-order valence-corrected chi connectivity index (χ3v) is 5.18. The number of nitrogens with zero attached hydrogens (tertiary/aromatic N) is 2. The molecule has 2 rings (SSSR count). The number of nitrogens with two attached hydrogens (primary N) is 1. The molecule has 1 aromatic heterocycles. The van der Waals surface area contributed by atoms with Crippen molar-refractivity contribution in [2.24, 2.45) is 0 Å². The lowest BCUT2D eigenvalue weighted by Gasteiger charge is -2.07. The predicted octanol–water partition coefficient (Wildman–Crippen LogP) is 2.01. The van der Waals surface area contributed by atoms with E-state index in [0.717, 1.165) is 10.6 Å². The van der Waals surface area contributed by atoms with Gasteiger partial charge in [-0.3, -0.25) is 4.72 Å². The lowest BCUT2D eigenvalue weighted by molar-refractivity contribution is 0.601. The zero-order chi connectivity index (χ0) is 14.9. The number of sulfonamides is 1. The molecular weight excluding hydrogens is 296 g/mol. The fraction of sp³-hybridized carbons (Fsp3) is 0.167. The summed E-state index contributed by atoms with van der Waals surface area (Å²) < 4.78 is 26.9. The third-order valence-electron chi connectivity index (χ3n) is 2.66. The minimum Gasteiger partial charge on any atom is -0.399 e. The Hall–Kier alpha value is -2.11. The lowest BCUT2D eigenvalue weighted by atomic mass is 10.2. The number of thiazole rings is 1. The molecule has 6 nitrogen and oxygen atoms in total. The number of aryl methyl sites for hydroxylation is 2. The minimum atomic E-state index is -3.86. The van der Waals surface area contributed by atoms with Crippen LogP contribution >= 0.6 is 11.3 Å². The van der Waals surface area contributed by atoms with Gasteiger partial charge in [-0.1, -0.05) is 0 Å². The van der Waals surface area contributed by atoms with Crippen LogP contribution in [0.5, 0.6) is 0 Å². The van der Waals surface area contributed by atoms with Gasteiger partial charge in [0.25, 0.3) is 10.0 Å². The van der Waals surface area contributed by atoms with Crippen molar-refractivity contribution in [1.29, 1.82) is 5.26 Å². The molecule has 3 N–H and O–H groups in total. The van der Waals surface area contributed by atoms with Crippen molar-refractivity contribution in [3.05, 3.63) is 34.3 Å². The molecular formula is C12H12N4O2S2. The molecule has 2 aromatic rings. The van der Waals surface area contributed by atoms with E-state index in [1.165, 1.54) is 29.5 Å². The third kappa shape index (κ3) is 2.74. The number of rotatable bonds is 3. The van der Waals surface area contributed by atoms with Gasteiger partial charge in [0.15, 0.2) is 5.13 Å². The topological polar surface area (TPSA) is 109 Å². The number of nitrogen functional groups attached to an aromatic ring is 1. The Morgan fingerprint density at radius 1 is 1.40 bits per heavy atom. The van der Waals surface area contributed by atoms with Crippen LogP contribution in [0.25, 0.3) is 0 Å². The largest absolute Gasteiger partial charge is 0.399 e. The van der Waals surface area contributed by atoms with Crippen molar-refractivity contribution in [2.45, 2.75) is 18.7 Å². The van der Waals surface area contributed by atoms with Gasteiger partial charge in [0.2, 0.25) is 0 Å². The Kier molecular flexibility index (Phi) is 3.65. The second-order valence-corrected chi connectivity index (χ2v) is 6.99. The summed E-state index contributed by atoms with van der Waals surface area (Å²) in [6.07, 6.45) is 0. The maximum Gasteiger partial charge on any atom is 0.264 e. The van der Waals surface area contributed by atoms with E-state index < -0.39 is 10.0 Å². The van der Waals surface area contributed by atoms with Crippen LogP contribution in [0.4, 0.5) is 10.8 Å². The van der Waals surface area contributed by atoms with E-state index in [9.17, 15) is 8.42 Å². The Labute approximate surface area is 120 Å². The highest BCUT2D eigenvalue weighted by molar-refractivity contribution is 7.93. The van der Waals surface area contributed by atoms with E-state index in [-0.39, 0.29) is 15.6 Å². The van der Waals surface area contributed by atoms with Gasteiger partial charge >= 0.3 is 0 Å². The second-order valence-electron chi connectivity index (χ2n) is 4.13. The molecule has 0 radical (unpaired) electrons. The summed E-state index contributed by atoms with van der Waals surface area (Å²) in [6, 6.07) is 5.90. The molecule has 0 unspecified atom stereocenters. The molecule has 0 saturated carbocycles. The Morgan fingerprint density at radius 3 is 2.65 bits per heavy atom. The molecule has 1 heterocycles. The van der Waals surface area contributed by atoms with Gasteiger partial charge in [-0.25, -0.2) is 13.4 Å². The minimum absolute atomic E-state index is 0.00231. The molecule has 0 saturated heterocycles. The molecule has 1 aromatic carbocycles. The normalized spacial score (nSPS) is 11.1. The van der Waals surface area contributed by atoms with Crippen LogP contribution in [0.3, 0.4) is 0 Å². The summed E-state index contributed by atoms with van der Waals surface area (Å²) in [4.78, 5) is 4.93. The van der Waals surface area contributed by atoms with Crippen molar-refractivity contribution in [3.8, 4) is 6.07 Å². The molecule has 0 spiro atoms. The zero-order valence-corrected chi connectivity index (χ0v) is 12.5. The summed E-state index contributed by atoms with van der Waals surface area (Å²) in [7, 11) is -3.86.